The van der Waals surface area contributed by atoms with Gasteiger partial charge in [0.25, 0.3) is 0 Å². The first-order valence-corrected chi connectivity index (χ1v) is 10.1. The molecule has 0 amide bonds. The van der Waals surface area contributed by atoms with Crippen LogP contribution in [0.1, 0.15) is 68.4 Å². The summed E-state index contributed by atoms with van der Waals surface area (Å²) in [6.45, 7) is 4.53. The number of nitrogens with one attached hydrogen (secondary N) is 1. The van der Waals surface area contributed by atoms with Gasteiger partial charge in [-0.05, 0) is 57.2 Å². The van der Waals surface area contributed by atoms with Crippen molar-refractivity contribution >= 4 is 11.9 Å². The van der Waals surface area contributed by atoms with Gasteiger partial charge >= 0.3 is 5.97 Å². The summed E-state index contributed by atoms with van der Waals surface area (Å²) >= 11 is 0. The first-order chi connectivity index (χ1) is 13.1. The lowest BCUT2D eigenvalue weighted by Crippen LogP contribution is -2.23. The molecule has 2 aromatic rings. The van der Waals surface area contributed by atoms with E-state index in [1.54, 1.807) is 0 Å². The topological polar surface area (TPSA) is 69.0 Å². The Balaban J connectivity index is 1.64. The molecule has 0 unspecified atom stereocenters. The smallest absolute Gasteiger partial charge is 0.355 e. The molecule has 2 aliphatic rings. The molecule has 0 spiro atoms. The Hall–Kier alpha value is -2.37. The number of fused-ring (bicyclic) bond motifs is 3. The molecular weight excluding hydrogens is 340 g/mol. The molecule has 3 heterocycles. The van der Waals surface area contributed by atoms with E-state index >= 15 is 0 Å². The first kappa shape index (κ1) is 18.0. The second kappa shape index (κ2) is 7.71. The standard InChI is InChI=1S/C21H28N4O2/c1-14(2)27-20(26)18-11-10-17-19-15(7-6-12-25(17)18)13-22-21(24-19)23-16-8-4-3-5-9-16/h10-11,13-14,16H,3-9,12H2,1-2H3,(H,22,23,24). The third-order valence-electron chi connectivity index (χ3n) is 5.41. The summed E-state index contributed by atoms with van der Waals surface area (Å²) in [4.78, 5) is 21.9. The summed E-state index contributed by atoms with van der Waals surface area (Å²) in [6.07, 6.45) is 9.92. The number of ether oxygens (including phenoxy) is 1. The van der Waals surface area contributed by atoms with E-state index in [1.165, 1.54) is 32.1 Å². The average Bonchev–Trinajstić information content (AvgIpc) is 2.99. The molecular formula is C21H28N4O2. The number of rotatable bonds is 4. The van der Waals surface area contributed by atoms with Gasteiger partial charge in [0.2, 0.25) is 5.95 Å². The number of hydrogen-bond acceptors (Lipinski definition) is 5. The van der Waals surface area contributed by atoms with Gasteiger partial charge in [0.1, 0.15) is 5.69 Å². The lowest BCUT2D eigenvalue weighted by Gasteiger charge is -2.23. The Labute approximate surface area is 160 Å². The van der Waals surface area contributed by atoms with Gasteiger partial charge in [0.15, 0.2) is 0 Å². The van der Waals surface area contributed by atoms with Crippen LogP contribution in [0, 0.1) is 0 Å². The summed E-state index contributed by atoms with van der Waals surface area (Å²) in [5, 5.41) is 3.51. The molecule has 1 saturated carbocycles. The Kier molecular flexibility index (Phi) is 5.14. The number of carbonyl (C=O) groups excluding carboxylic acids is 1. The zero-order chi connectivity index (χ0) is 18.8. The van der Waals surface area contributed by atoms with E-state index in [0.717, 1.165) is 36.3 Å². The van der Waals surface area contributed by atoms with E-state index in [-0.39, 0.29) is 12.1 Å². The minimum Gasteiger partial charge on any atom is -0.458 e. The summed E-state index contributed by atoms with van der Waals surface area (Å²) in [5.41, 5.74) is 3.66. The van der Waals surface area contributed by atoms with Gasteiger partial charge in [-0.2, -0.15) is 0 Å². The average molecular weight is 368 g/mol. The maximum absolute atomic E-state index is 12.5. The summed E-state index contributed by atoms with van der Waals surface area (Å²) in [6, 6.07) is 4.30. The Morgan fingerprint density at radius 1 is 1.22 bits per heavy atom. The van der Waals surface area contributed by atoms with E-state index in [1.807, 2.05) is 36.7 Å². The zero-order valence-electron chi connectivity index (χ0n) is 16.2. The van der Waals surface area contributed by atoms with Crippen molar-refractivity contribution < 1.29 is 9.53 Å². The lowest BCUT2D eigenvalue weighted by molar-refractivity contribution is 0.0365. The van der Waals surface area contributed by atoms with Crippen molar-refractivity contribution in [2.45, 2.75) is 77.5 Å². The quantitative estimate of drug-likeness (QED) is 0.819. The predicted octanol–water partition coefficient (Wildman–Crippen LogP) is 4.20. The number of hydrogen-bond donors (Lipinski definition) is 1. The number of carbonyl (C=O) groups is 1. The van der Waals surface area contributed by atoms with Crippen molar-refractivity contribution in [3.05, 3.63) is 29.6 Å². The van der Waals surface area contributed by atoms with Crippen molar-refractivity contribution in [1.82, 2.24) is 14.5 Å². The molecule has 27 heavy (non-hydrogen) atoms. The number of anilines is 1. The van der Waals surface area contributed by atoms with Crippen molar-refractivity contribution in [3.63, 3.8) is 0 Å². The third-order valence-corrected chi connectivity index (χ3v) is 5.41. The summed E-state index contributed by atoms with van der Waals surface area (Å²) in [5.74, 6) is 0.427. The Bertz CT molecular complexity index is 822. The largest absolute Gasteiger partial charge is 0.458 e. The maximum atomic E-state index is 12.5. The van der Waals surface area contributed by atoms with Crippen LogP contribution in [0.2, 0.25) is 0 Å². The molecule has 4 rings (SSSR count). The van der Waals surface area contributed by atoms with E-state index in [2.05, 4.69) is 10.3 Å². The molecule has 0 radical (unpaired) electrons. The van der Waals surface area contributed by atoms with E-state index in [0.29, 0.717) is 17.7 Å². The number of aryl methyl sites for hydroxylation is 1. The van der Waals surface area contributed by atoms with Gasteiger partial charge in [-0.15, -0.1) is 0 Å². The Morgan fingerprint density at radius 3 is 2.81 bits per heavy atom. The van der Waals surface area contributed by atoms with E-state index in [4.69, 9.17) is 9.72 Å². The minimum absolute atomic E-state index is 0.129. The van der Waals surface area contributed by atoms with Crippen molar-refractivity contribution in [2.75, 3.05) is 5.32 Å². The fourth-order valence-electron chi connectivity index (χ4n) is 4.11. The highest BCUT2D eigenvalue weighted by atomic mass is 16.5. The maximum Gasteiger partial charge on any atom is 0.355 e. The first-order valence-electron chi connectivity index (χ1n) is 10.1. The molecule has 1 N–H and O–H groups in total. The van der Waals surface area contributed by atoms with E-state index in [9.17, 15) is 4.79 Å². The Morgan fingerprint density at radius 2 is 2.04 bits per heavy atom. The molecule has 1 aliphatic heterocycles. The predicted molar refractivity (Wildman–Crippen MR) is 105 cm³/mol. The normalized spacial score (nSPS) is 17.1. The van der Waals surface area contributed by atoms with Gasteiger partial charge in [-0.3, -0.25) is 0 Å². The second-order valence-electron chi connectivity index (χ2n) is 7.86. The van der Waals surface area contributed by atoms with Crippen LogP contribution < -0.4 is 5.32 Å². The second-order valence-corrected chi connectivity index (χ2v) is 7.86. The molecule has 6 heteroatoms. The highest BCUT2D eigenvalue weighted by molar-refractivity contribution is 5.89. The summed E-state index contributed by atoms with van der Waals surface area (Å²) in [7, 11) is 0. The van der Waals surface area contributed by atoms with E-state index < -0.39 is 0 Å². The van der Waals surface area contributed by atoms with Gasteiger partial charge in [0.05, 0.1) is 17.5 Å². The van der Waals surface area contributed by atoms with Crippen molar-refractivity contribution in [1.29, 1.82) is 0 Å². The fraction of sp³-hybridized carbons (Fsp3) is 0.571. The SMILES string of the molecule is CC(C)OC(=O)c1ccc2n1CCCc1cnc(NC3CCCCC3)nc1-2. The van der Waals surface area contributed by atoms with Crippen LogP contribution in [-0.4, -0.2) is 32.7 Å². The van der Waals surface area contributed by atoms with Crippen LogP contribution in [-0.2, 0) is 17.7 Å². The summed E-state index contributed by atoms with van der Waals surface area (Å²) < 4.78 is 7.46. The molecule has 6 nitrogen and oxygen atoms in total. The molecule has 0 saturated heterocycles. The molecule has 0 bridgehead atoms. The van der Waals surface area contributed by atoms with Crippen LogP contribution in [0.5, 0.6) is 0 Å². The van der Waals surface area contributed by atoms with Crippen LogP contribution in [0.15, 0.2) is 18.3 Å². The number of aromatic nitrogens is 3. The molecule has 0 aromatic carbocycles. The molecule has 0 atom stereocenters. The minimum atomic E-state index is -0.269. The molecule has 1 aliphatic carbocycles. The van der Waals surface area contributed by atoms with Crippen LogP contribution >= 0.6 is 0 Å². The van der Waals surface area contributed by atoms with Crippen molar-refractivity contribution in [2.24, 2.45) is 0 Å². The highest BCUT2D eigenvalue weighted by Crippen LogP contribution is 2.30. The monoisotopic (exact) mass is 368 g/mol. The molecule has 2 aromatic heterocycles. The zero-order valence-corrected chi connectivity index (χ0v) is 16.2. The van der Waals surface area contributed by atoms with Gasteiger partial charge in [0, 0.05) is 18.8 Å². The third kappa shape index (κ3) is 3.84. The lowest BCUT2D eigenvalue weighted by atomic mass is 9.96. The molecule has 1 fully saturated rings. The van der Waals surface area contributed by atoms with Crippen LogP contribution in [0.25, 0.3) is 11.4 Å². The number of esters is 1. The van der Waals surface area contributed by atoms with Gasteiger partial charge in [-0.25, -0.2) is 14.8 Å². The fourth-order valence-corrected chi connectivity index (χ4v) is 4.11. The van der Waals surface area contributed by atoms with Gasteiger partial charge in [-0.1, -0.05) is 19.3 Å². The van der Waals surface area contributed by atoms with Gasteiger partial charge < -0.3 is 14.6 Å². The van der Waals surface area contributed by atoms with Crippen molar-refractivity contribution in [3.8, 4) is 11.4 Å². The highest BCUT2D eigenvalue weighted by Gasteiger charge is 2.24. The number of nitrogens with zero attached hydrogens (tertiary/aromatic N) is 3. The van der Waals surface area contributed by atoms with Crippen LogP contribution in [0.3, 0.4) is 0 Å². The molecule has 144 valence electrons. The van der Waals surface area contributed by atoms with Crippen LogP contribution in [0.4, 0.5) is 5.95 Å².